The molecule has 0 N–H and O–H groups in total. The standard InChI is InChI=1S/C15H9BrO3/c1-8(17)19-15-11-7-3-5-9-4-2-6-10(12(9)11)14(18)13(15)16/h2-7H,1H3. The Balaban J connectivity index is 2.39. The highest BCUT2D eigenvalue weighted by Crippen LogP contribution is 2.38. The largest absolute Gasteiger partial charge is 0.425 e. The molecule has 0 heterocycles. The van der Waals surface area contributed by atoms with E-state index in [-0.39, 0.29) is 10.3 Å². The second-order valence-corrected chi connectivity index (χ2v) is 5.07. The molecule has 0 atom stereocenters. The molecule has 0 aromatic heterocycles. The van der Waals surface area contributed by atoms with Crippen LogP contribution in [0.25, 0.3) is 16.5 Å². The zero-order valence-electron chi connectivity index (χ0n) is 10.1. The lowest BCUT2D eigenvalue weighted by molar-refractivity contribution is -0.134. The van der Waals surface area contributed by atoms with Gasteiger partial charge >= 0.3 is 5.97 Å². The van der Waals surface area contributed by atoms with Gasteiger partial charge in [-0.25, -0.2) is 0 Å². The number of hydrogen-bond donors (Lipinski definition) is 0. The summed E-state index contributed by atoms with van der Waals surface area (Å²) in [4.78, 5) is 23.5. The van der Waals surface area contributed by atoms with E-state index >= 15 is 0 Å². The van der Waals surface area contributed by atoms with Gasteiger partial charge in [0.05, 0.1) is 0 Å². The molecule has 0 aliphatic heterocycles. The molecule has 19 heavy (non-hydrogen) atoms. The summed E-state index contributed by atoms with van der Waals surface area (Å²) < 4.78 is 5.48. The van der Waals surface area contributed by atoms with Crippen LogP contribution in [-0.4, -0.2) is 11.8 Å². The Bertz CT molecular complexity index is 754. The van der Waals surface area contributed by atoms with Crippen molar-refractivity contribution in [2.24, 2.45) is 0 Å². The molecule has 94 valence electrons. The van der Waals surface area contributed by atoms with E-state index in [4.69, 9.17) is 4.74 Å². The normalized spacial score (nSPS) is 13.9. The first-order chi connectivity index (χ1) is 9.09. The van der Waals surface area contributed by atoms with Crippen molar-refractivity contribution < 1.29 is 14.3 Å². The first kappa shape index (κ1) is 12.1. The fourth-order valence-corrected chi connectivity index (χ4v) is 2.81. The molecule has 0 bridgehead atoms. The number of hydrogen-bond acceptors (Lipinski definition) is 3. The number of Topliss-reactive ketones (excluding diaryl/α,β-unsaturated/α-hetero) is 1. The number of esters is 1. The van der Waals surface area contributed by atoms with E-state index in [0.29, 0.717) is 11.3 Å². The molecule has 0 saturated carbocycles. The smallest absolute Gasteiger partial charge is 0.308 e. The highest BCUT2D eigenvalue weighted by molar-refractivity contribution is 9.12. The third-order valence-electron chi connectivity index (χ3n) is 3.04. The summed E-state index contributed by atoms with van der Waals surface area (Å²) in [7, 11) is 0. The first-order valence-corrected chi connectivity index (χ1v) is 6.54. The molecule has 3 rings (SSSR count). The van der Waals surface area contributed by atoms with Crippen molar-refractivity contribution in [1.82, 2.24) is 0 Å². The van der Waals surface area contributed by atoms with E-state index in [1.54, 1.807) is 6.07 Å². The van der Waals surface area contributed by atoms with Gasteiger partial charge in [-0.2, -0.15) is 0 Å². The van der Waals surface area contributed by atoms with Crippen molar-refractivity contribution in [3.05, 3.63) is 52.0 Å². The van der Waals surface area contributed by atoms with Crippen molar-refractivity contribution in [2.75, 3.05) is 0 Å². The minimum absolute atomic E-state index is 0.166. The summed E-state index contributed by atoms with van der Waals surface area (Å²) in [6, 6.07) is 11.2. The zero-order chi connectivity index (χ0) is 13.6. The van der Waals surface area contributed by atoms with Gasteiger partial charge in [0.2, 0.25) is 5.78 Å². The van der Waals surface area contributed by atoms with Gasteiger partial charge in [0, 0.05) is 23.4 Å². The van der Waals surface area contributed by atoms with Crippen LogP contribution >= 0.6 is 15.9 Å². The summed E-state index contributed by atoms with van der Waals surface area (Å²) in [6.07, 6.45) is 0. The highest BCUT2D eigenvalue weighted by atomic mass is 79.9. The van der Waals surface area contributed by atoms with Gasteiger partial charge in [-0.1, -0.05) is 36.4 Å². The van der Waals surface area contributed by atoms with Crippen molar-refractivity contribution in [3.8, 4) is 0 Å². The fraction of sp³-hybridized carbons (Fsp3) is 0.0667. The van der Waals surface area contributed by atoms with E-state index in [1.165, 1.54) is 6.92 Å². The van der Waals surface area contributed by atoms with Crippen LogP contribution in [0.1, 0.15) is 22.8 Å². The SMILES string of the molecule is CC(=O)OC1=C(Br)C(=O)c2cccc3cccc1c23. The van der Waals surface area contributed by atoms with Crippen LogP contribution in [0.2, 0.25) is 0 Å². The topological polar surface area (TPSA) is 43.4 Å². The maximum absolute atomic E-state index is 12.3. The number of halogens is 1. The van der Waals surface area contributed by atoms with E-state index in [1.807, 2.05) is 30.3 Å². The Labute approximate surface area is 118 Å². The molecule has 0 radical (unpaired) electrons. The molecule has 1 aliphatic carbocycles. The lowest BCUT2D eigenvalue weighted by Crippen LogP contribution is -2.12. The molecular formula is C15H9BrO3. The number of ketones is 1. The van der Waals surface area contributed by atoms with Crippen molar-refractivity contribution in [2.45, 2.75) is 6.92 Å². The monoisotopic (exact) mass is 316 g/mol. The molecule has 0 saturated heterocycles. The molecule has 3 nitrogen and oxygen atoms in total. The van der Waals surface area contributed by atoms with Crippen molar-refractivity contribution in [3.63, 3.8) is 0 Å². The Morgan fingerprint density at radius 1 is 1.11 bits per heavy atom. The zero-order valence-corrected chi connectivity index (χ0v) is 11.7. The molecule has 0 amide bonds. The molecule has 0 spiro atoms. The van der Waals surface area contributed by atoms with Crippen LogP contribution in [0.5, 0.6) is 0 Å². The predicted molar refractivity (Wildman–Crippen MR) is 75.9 cm³/mol. The molecule has 0 unspecified atom stereocenters. The van der Waals surface area contributed by atoms with Gasteiger partial charge in [0.1, 0.15) is 4.48 Å². The third-order valence-corrected chi connectivity index (χ3v) is 3.76. The Hall–Kier alpha value is -1.94. The Kier molecular flexibility index (Phi) is 2.75. The van der Waals surface area contributed by atoms with E-state index in [0.717, 1.165) is 16.3 Å². The number of ether oxygens (including phenoxy) is 1. The fourth-order valence-electron chi connectivity index (χ4n) is 2.30. The van der Waals surface area contributed by atoms with Crippen LogP contribution in [-0.2, 0) is 9.53 Å². The average molecular weight is 317 g/mol. The number of benzene rings is 2. The van der Waals surface area contributed by atoms with Gasteiger partial charge in [0.15, 0.2) is 5.76 Å². The van der Waals surface area contributed by atoms with Gasteiger partial charge in [0.25, 0.3) is 0 Å². The van der Waals surface area contributed by atoms with Crippen LogP contribution in [0, 0.1) is 0 Å². The molecule has 0 fully saturated rings. The number of rotatable bonds is 1. The van der Waals surface area contributed by atoms with Gasteiger partial charge in [-0.15, -0.1) is 0 Å². The Morgan fingerprint density at radius 2 is 1.74 bits per heavy atom. The summed E-state index contributed by atoms with van der Waals surface area (Å²) in [5.74, 6) is -0.321. The van der Waals surface area contributed by atoms with Crippen LogP contribution in [0.15, 0.2) is 40.9 Å². The second kappa shape index (κ2) is 4.31. The van der Waals surface area contributed by atoms with Crippen molar-refractivity contribution in [1.29, 1.82) is 0 Å². The van der Waals surface area contributed by atoms with E-state index in [9.17, 15) is 9.59 Å². The molecule has 2 aromatic rings. The lowest BCUT2D eigenvalue weighted by Gasteiger charge is -2.19. The molecule has 1 aliphatic rings. The maximum atomic E-state index is 12.3. The lowest BCUT2D eigenvalue weighted by atomic mass is 9.91. The summed E-state index contributed by atoms with van der Waals surface area (Å²) >= 11 is 3.24. The first-order valence-electron chi connectivity index (χ1n) is 5.74. The molecule has 4 heteroatoms. The second-order valence-electron chi connectivity index (χ2n) is 4.28. The predicted octanol–water partition coefficient (Wildman–Crippen LogP) is 3.66. The van der Waals surface area contributed by atoms with Gasteiger partial charge < -0.3 is 4.74 Å². The number of allylic oxidation sites excluding steroid dienone is 1. The minimum atomic E-state index is -0.448. The summed E-state index contributed by atoms with van der Waals surface area (Å²) in [6.45, 7) is 1.32. The van der Waals surface area contributed by atoms with E-state index < -0.39 is 5.97 Å². The number of carbonyl (C=O) groups excluding carboxylic acids is 2. The van der Waals surface area contributed by atoms with Crippen LogP contribution < -0.4 is 0 Å². The third kappa shape index (κ3) is 1.79. The highest BCUT2D eigenvalue weighted by Gasteiger charge is 2.28. The quantitative estimate of drug-likeness (QED) is 0.754. The van der Waals surface area contributed by atoms with E-state index in [2.05, 4.69) is 15.9 Å². The van der Waals surface area contributed by atoms with Gasteiger partial charge in [-0.05, 0) is 21.3 Å². The average Bonchev–Trinajstić information content (AvgIpc) is 2.40. The maximum Gasteiger partial charge on any atom is 0.308 e. The molecule has 2 aromatic carbocycles. The summed E-state index contributed by atoms with van der Waals surface area (Å²) in [5.41, 5.74) is 1.38. The number of carbonyl (C=O) groups is 2. The molecular weight excluding hydrogens is 308 g/mol. The van der Waals surface area contributed by atoms with Crippen LogP contribution in [0.4, 0.5) is 0 Å². The minimum Gasteiger partial charge on any atom is -0.425 e. The van der Waals surface area contributed by atoms with Crippen molar-refractivity contribution >= 4 is 44.2 Å². The van der Waals surface area contributed by atoms with Gasteiger partial charge in [-0.3, -0.25) is 9.59 Å². The summed E-state index contributed by atoms with van der Waals surface area (Å²) in [5, 5.41) is 1.78. The Morgan fingerprint density at radius 3 is 2.37 bits per heavy atom. The van der Waals surface area contributed by atoms with Crippen LogP contribution in [0.3, 0.4) is 0 Å².